The molecule has 2 aromatic rings. The van der Waals surface area contributed by atoms with Crippen LogP contribution >= 0.6 is 0 Å². The van der Waals surface area contributed by atoms with E-state index in [-0.39, 0.29) is 5.56 Å². The van der Waals surface area contributed by atoms with E-state index in [1.54, 1.807) is 26.0 Å². The van der Waals surface area contributed by atoms with Crippen LogP contribution in [0.15, 0.2) is 16.9 Å². The van der Waals surface area contributed by atoms with Crippen molar-refractivity contribution in [1.82, 2.24) is 20.2 Å². The molecule has 88 valence electrons. The van der Waals surface area contributed by atoms with Crippen molar-refractivity contribution in [3.63, 3.8) is 0 Å². The molecular weight excluding hydrogens is 220 g/mol. The van der Waals surface area contributed by atoms with Crippen LogP contribution in [0.3, 0.4) is 0 Å². The first-order valence-electron chi connectivity index (χ1n) is 5.07. The van der Waals surface area contributed by atoms with Gasteiger partial charge in [-0.25, -0.2) is 4.98 Å². The second kappa shape index (κ2) is 4.32. The maximum absolute atomic E-state index is 11.6. The summed E-state index contributed by atoms with van der Waals surface area (Å²) < 4.78 is 4.91. The Morgan fingerprint density at radius 3 is 2.53 bits per heavy atom. The fourth-order valence-electron chi connectivity index (χ4n) is 1.32. The predicted molar refractivity (Wildman–Crippen MR) is 61.9 cm³/mol. The Balaban J connectivity index is 2.49. The zero-order valence-corrected chi connectivity index (χ0v) is 9.81. The molecule has 1 N–H and O–H groups in total. The highest BCUT2D eigenvalue weighted by atomic mass is 16.5. The van der Waals surface area contributed by atoms with Gasteiger partial charge in [-0.3, -0.25) is 4.79 Å². The highest BCUT2D eigenvalue weighted by Crippen LogP contribution is 2.12. The fourth-order valence-corrected chi connectivity index (χ4v) is 1.32. The molecule has 0 unspecified atom stereocenters. The van der Waals surface area contributed by atoms with E-state index in [2.05, 4.69) is 20.2 Å². The minimum Gasteiger partial charge on any atom is -0.480 e. The summed E-state index contributed by atoms with van der Waals surface area (Å²) in [5, 5.41) is 7.75. The van der Waals surface area contributed by atoms with Crippen molar-refractivity contribution in [2.24, 2.45) is 0 Å². The molecule has 6 heteroatoms. The predicted octanol–water partition coefficient (Wildman–Crippen LogP) is 0.852. The van der Waals surface area contributed by atoms with Crippen LogP contribution in [0, 0.1) is 13.8 Å². The molecule has 0 aliphatic carbocycles. The molecule has 0 aromatic carbocycles. The topological polar surface area (TPSA) is 80.8 Å². The Bertz CT molecular complexity index is 589. The summed E-state index contributed by atoms with van der Waals surface area (Å²) in [6.45, 7) is 3.51. The van der Waals surface area contributed by atoms with Crippen LogP contribution in [0.2, 0.25) is 0 Å². The summed E-state index contributed by atoms with van der Waals surface area (Å²) in [4.78, 5) is 18.5. The van der Waals surface area contributed by atoms with Gasteiger partial charge in [0.05, 0.1) is 7.11 Å². The second-order valence-electron chi connectivity index (χ2n) is 3.59. The highest BCUT2D eigenvalue weighted by molar-refractivity contribution is 5.48. The first-order valence-corrected chi connectivity index (χ1v) is 5.07. The number of H-pyrrole nitrogens is 1. The van der Waals surface area contributed by atoms with Gasteiger partial charge in [0.1, 0.15) is 5.69 Å². The van der Waals surface area contributed by atoms with Gasteiger partial charge in [0.15, 0.2) is 5.82 Å². The molecule has 0 atom stereocenters. The second-order valence-corrected chi connectivity index (χ2v) is 3.59. The van der Waals surface area contributed by atoms with Crippen LogP contribution in [-0.4, -0.2) is 27.3 Å². The Kier molecular flexibility index (Phi) is 2.86. The molecule has 0 spiro atoms. The van der Waals surface area contributed by atoms with Gasteiger partial charge < -0.3 is 9.72 Å². The van der Waals surface area contributed by atoms with E-state index in [0.717, 1.165) is 0 Å². The number of hydrogen-bond acceptors (Lipinski definition) is 5. The standard InChI is InChI=1S/C11H12N4O2/c1-6-7(2)12-10(13-11(6)16)8-4-5-9(17-3)15-14-8/h4-5H,1-3H3,(H,12,13,16). The fraction of sp³-hybridized carbons (Fsp3) is 0.273. The van der Waals surface area contributed by atoms with Crippen LogP contribution in [-0.2, 0) is 0 Å². The van der Waals surface area contributed by atoms with Crippen molar-refractivity contribution >= 4 is 0 Å². The highest BCUT2D eigenvalue weighted by Gasteiger charge is 2.07. The molecule has 6 nitrogen and oxygen atoms in total. The molecule has 0 saturated heterocycles. The van der Waals surface area contributed by atoms with Gasteiger partial charge in [-0.1, -0.05) is 0 Å². The van der Waals surface area contributed by atoms with Crippen LogP contribution < -0.4 is 10.3 Å². The Labute approximate surface area is 97.7 Å². The zero-order valence-electron chi connectivity index (χ0n) is 9.81. The Morgan fingerprint density at radius 2 is 2.00 bits per heavy atom. The van der Waals surface area contributed by atoms with Crippen molar-refractivity contribution in [2.45, 2.75) is 13.8 Å². The van der Waals surface area contributed by atoms with Crippen LogP contribution in [0.5, 0.6) is 5.88 Å². The number of methoxy groups -OCH3 is 1. The lowest BCUT2D eigenvalue weighted by molar-refractivity contribution is 0.392. The SMILES string of the molecule is COc1ccc(-c2nc(C)c(C)c(=O)[nH]2)nn1. The number of nitrogens with zero attached hydrogens (tertiary/aromatic N) is 3. The summed E-state index contributed by atoms with van der Waals surface area (Å²) >= 11 is 0. The van der Waals surface area contributed by atoms with Gasteiger partial charge in [0, 0.05) is 17.3 Å². The van der Waals surface area contributed by atoms with E-state index in [1.807, 2.05) is 0 Å². The maximum atomic E-state index is 11.6. The molecule has 0 aliphatic heterocycles. The van der Waals surface area contributed by atoms with Gasteiger partial charge >= 0.3 is 0 Å². The van der Waals surface area contributed by atoms with E-state index >= 15 is 0 Å². The van der Waals surface area contributed by atoms with Crippen LogP contribution in [0.25, 0.3) is 11.5 Å². The zero-order chi connectivity index (χ0) is 12.4. The molecule has 0 bridgehead atoms. The van der Waals surface area contributed by atoms with Gasteiger partial charge in [0.2, 0.25) is 5.88 Å². The quantitative estimate of drug-likeness (QED) is 0.830. The molecule has 2 aromatic heterocycles. The normalized spacial score (nSPS) is 10.3. The molecule has 17 heavy (non-hydrogen) atoms. The van der Waals surface area contributed by atoms with Gasteiger partial charge in [-0.05, 0) is 19.9 Å². The lowest BCUT2D eigenvalue weighted by atomic mass is 10.2. The Hall–Kier alpha value is -2.24. The van der Waals surface area contributed by atoms with E-state index in [9.17, 15) is 4.79 Å². The van der Waals surface area contributed by atoms with Gasteiger partial charge in [-0.15, -0.1) is 10.2 Å². The third-order valence-corrected chi connectivity index (χ3v) is 2.49. The number of ether oxygens (including phenoxy) is 1. The van der Waals surface area contributed by atoms with Crippen molar-refractivity contribution < 1.29 is 4.74 Å². The summed E-state index contributed by atoms with van der Waals surface area (Å²) in [5.41, 5.74) is 1.63. The monoisotopic (exact) mass is 232 g/mol. The number of aryl methyl sites for hydroxylation is 1. The molecule has 0 aliphatic rings. The molecule has 0 amide bonds. The van der Waals surface area contributed by atoms with Crippen LogP contribution in [0.4, 0.5) is 0 Å². The summed E-state index contributed by atoms with van der Waals surface area (Å²) in [6.07, 6.45) is 0. The molecule has 0 fully saturated rings. The minimum atomic E-state index is -0.162. The average Bonchev–Trinajstić information content (AvgIpc) is 2.35. The van der Waals surface area contributed by atoms with Crippen molar-refractivity contribution in [3.8, 4) is 17.4 Å². The minimum absolute atomic E-state index is 0.162. The van der Waals surface area contributed by atoms with Gasteiger partial charge in [-0.2, -0.15) is 0 Å². The van der Waals surface area contributed by atoms with E-state index in [0.29, 0.717) is 28.7 Å². The van der Waals surface area contributed by atoms with E-state index < -0.39 is 0 Å². The van der Waals surface area contributed by atoms with Crippen molar-refractivity contribution in [2.75, 3.05) is 7.11 Å². The molecule has 2 heterocycles. The third kappa shape index (κ3) is 2.15. The lowest BCUT2D eigenvalue weighted by Crippen LogP contribution is -2.14. The molecule has 2 rings (SSSR count). The van der Waals surface area contributed by atoms with E-state index in [1.165, 1.54) is 7.11 Å². The number of aromatic amines is 1. The number of aromatic nitrogens is 4. The molecular formula is C11H12N4O2. The van der Waals surface area contributed by atoms with Crippen LogP contribution in [0.1, 0.15) is 11.3 Å². The number of rotatable bonds is 2. The maximum Gasteiger partial charge on any atom is 0.254 e. The van der Waals surface area contributed by atoms with E-state index in [4.69, 9.17) is 4.74 Å². The molecule has 0 radical (unpaired) electrons. The first kappa shape index (κ1) is 11.3. The first-order chi connectivity index (χ1) is 8.11. The largest absolute Gasteiger partial charge is 0.480 e. The lowest BCUT2D eigenvalue weighted by Gasteiger charge is -2.03. The number of nitrogens with one attached hydrogen (secondary N) is 1. The third-order valence-electron chi connectivity index (χ3n) is 2.49. The van der Waals surface area contributed by atoms with Crippen molar-refractivity contribution in [1.29, 1.82) is 0 Å². The summed E-state index contributed by atoms with van der Waals surface area (Å²) in [5.74, 6) is 0.827. The molecule has 0 saturated carbocycles. The number of hydrogen-bond donors (Lipinski definition) is 1. The summed E-state index contributed by atoms with van der Waals surface area (Å²) in [6, 6.07) is 3.36. The summed E-state index contributed by atoms with van der Waals surface area (Å²) in [7, 11) is 1.51. The average molecular weight is 232 g/mol. The van der Waals surface area contributed by atoms with Gasteiger partial charge in [0.25, 0.3) is 5.56 Å². The smallest absolute Gasteiger partial charge is 0.254 e. The Morgan fingerprint density at radius 1 is 1.24 bits per heavy atom. The van der Waals surface area contributed by atoms with Crippen molar-refractivity contribution in [3.05, 3.63) is 33.7 Å².